The number of nitrogens with one attached hydrogen (secondary N) is 1. The zero-order valence-corrected chi connectivity index (χ0v) is 20.8. The second-order valence-corrected chi connectivity index (χ2v) is 9.02. The summed E-state index contributed by atoms with van der Waals surface area (Å²) in [6.07, 6.45) is 3.41. The molecule has 8 heteroatoms. The number of amides is 1. The first-order valence-corrected chi connectivity index (χ1v) is 12.2. The molecule has 1 fully saturated rings. The van der Waals surface area contributed by atoms with Gasteiger partial charge in [0, 0.05) is 18.0 Å². The molecule has 8 nitrogen and oxygen atoms in total. The normalized spacial score (nSPS) is 14.6. The Kier molecular flexibility index (Phi) is 8.36. The second kappa shape index (κ2) is 11.8. The maximum Gasteiger partial charge on any atom is 0.241 e. The Morgan fingerprint density at radius 2 is 1.91 bits per heavy atom. The highest BCUT2D eigenvalue weighted by molar-refractivity contribution is 5.78. The topological polar surface area (TPSA) is 89.7 Å². The van der Waals surface area contributed by atoms with Gasteiger partial charge in [-0.1, -0.05) is 35.0 Å². The number of hydrogen-bond donors (Lipinski definition) is 1. The molecule has 0 saturated carbocycles. The number of carbonyl (C=O) groups is 1. The van der Waals surface area contributed by atoms with E-state index in [-0.39, 0.29) is 11.8 Å². The van der Waals surface area contributed by atoms with Gasteiger partial charge < -0.3 is 19.3 Å². The van der Waals surface area contributed by atoms with Crippen LogP contribution in [0.4, 0.5) is 0 Å². The second-order valence-electron chi connectivity index (χ2n) is 9.02. The minimum Gasteiger partial charge on any atom is -0.493 e. The molecule has 4 rings (SSSR count). The van der Waals surface area contributed by atoms with Gasteiger partial charge in [-0.3, -0.25) is 9.69 Å². The van der Waals surface area contributed by atoms with Crippen molar-refractivity contribution in [1.29, 1.82) is 0 Å². The molecule has 2 heterocycles. The van der Waals surface area contributed by atoms with E-state index in [1.54, 1.807) is 14.2 Å². The predicted octanol–water partition coefficient (Wildman–Crippen LogP) is 4.02. The average molecular weight is 479 g/mol. The van der Waals surface area contributed by atoms with Crippen molar-refractivity contribution in [2.24, 2.45) is 5.92 Å². The zero-order valence-electron chi connectivity index (χ0n) is 20.8. The summed E-state index contributed by atoms with van der Waals surface area (Å²) in [6.45, 7) is 5.00. The van der Waals surface area contributed by atoms with Crippen molar-refractivity contribution in [1.82, 2.24) is 20.4 Å². The molecule has 3 aromatic rings. The van der Waals surface area contributed by atoms with Crippen molar-refractivity contribution in [3.8, 4) is 22.9 Å². The van der Waals surface area contributed by atoms with E-state index in [2.05, 4.69) is 20.4 Å². The third-order valence-electron chi connectivity index (χ3n) is 6.45. The molecule has 1 N–H and O–H groups in total. The Balaban J connectivity index is 1.17. The fourth-order valence-electron chi connectivity index (χ4n) is 4.45. The van der Waals surface area contributed by atoms with Crippen LogP contribution in [0.5, 0.6) is 11.5 Å². The number of piperidine rings is 1. The maximum atomic E-state index is 12.6. The first-order valence-electron chi connectivity index (χ1n) is 12.2. The molecule has 1 aromatic heterocycles. The van der Waals surface area contributed by atoms with Crippen LogP contribution < -0.4 is 14.8 Å². The van der Waals surface area contributed by atoms with Crippen LogP contribution >= 0.6 is 0 Å². The van der Waals surface area contributed by atoms with Gasteiger partial charge in [-0.05, 0) is 69.5 Å². The standard InChI is InChI=1S/C27H34N4O4/c1-19-6-4-8-22(16-19)26-29-25(35-30-26)18-31-14-11-21(12-15-31)27(32)28-13-5-7-20-9-10-23(33-2)24(17-20)34-3/h4,6,8-10,16-17,21H,5,7,11-15,18H2,1-3H3,(H,28,32). The highest BCUT2D eigenvalue weighted by Gasteiger charge is 2.25. The monoisotopic (exact) mass is 478 g/mol. The van der Waals surface area contributed by atoms with Crippen molar-refractivity contribution in [2.45, 2.75) is 39.2 Å². The highest BCUT2D eigenvalue weighted by atomic mass is 16.5. The number of benzene rings is 2. The van der Waals surface area contributed by atoms with E-state index in [0.29, 0.717) is 24.8 Å². The van der Waals surface area contributed by atoms with E-state index in [1.165, 1.54) is 0 Å². The molecule has 1 amide bonds. The van der Waals surface area contributed by atoms with Gasteiger partial charge in [0.2, 0.25) is 17.6 Å². The van der Waals surface area contributed by atoms with Gasteiger partial charge in [0.1, 0.15) is 0 Å². The third-order valence-corrected chi connectivity index (χ3v) is 6.45. The smallest absolute Gasteiger partial charge is 0.241 e. The minimum absolute atomic E-state index is 0.0536. The van der Waals surface area contributed by atoms with E-state index >= 15 is 0 Å². The molecule has 1 aliphatic heterocycles. The van der Waals surface area contributed by atoms with Gasteiger partial charge in [-0.15, -0.1) is 0 Å². The molecule has 186 valence electrons. The molecule has 0 aliphatic carbocycles. The number of ether oxygens (including phenoxy) is 2. The quantitative estimate of drug-likeness (QED) is 0.440. The molecule has 35 heavy (non-hydrogen) atoms. The summed E-state index contributed by atoms with van der Waals surface area (Å²) in [6, 6.07) is 14.0. The molecule has 0 atom stereocenters. The molecular weight excluding hydrogens is 444 g/mol. The Hall–Kier alpha value is -3.39. The van der Waals surface area contributed by atoms with Crippen LogP contribution in [0.15, 0.2) is 47.0 Å². The van der Waals surface area contributed by atoms with Crippen LogP contribution in [0, 0.1) is 12.8 Å². The van der Waals surface area contributed by atoms with Crippen LogP contribution in [0.3, 0.4) is 0 Å². The van der Waals surface area contributed by atoms with Crippen molar-refractivity contribution >= 4 is 5.91 Å². The van der Waals surface area contributed by atoms with Crippen molar-refractivity contribution in [3.05, 3.63) is 59.5 Å². The van der Waals surface area contributed by atoms with E-state index < -0.39 is 0 Å². The van der Waals surface area contributed by atoms with Gasteiger partial charge in [-0.25, -0.2) is 0 Å². The molecule has 0 unspecified atom stereocenters. The molecule has 2 aromatic carbocycles. The lowest BCUT2D eigenvalue weighted by molar-refractivity contribution is -0.126. The van der Waals surface area contributed by atoms with Gasteiger partial charge in [-0.2, -0.15) is 4.98 Å². The van der Waals surface area contributed by atoms with Crippen molar-refractivity contribution in [2.75, 3.05) is 33.9 Å². The van der Waals surface area contributed by atoms with Gasteiger partial charge in [0.25, 0.3) is 0 Å². The Bertz CT molecular complexity index is 1120. The van der Waals surface area contributed by atoms with Crippen molar-refractivity contribution in [3.63, 3.8) is 0 Å². The fraction of sp³-hybridized carbons (Fsp3) is 0.444. The molecular formula is C27H34N4O4. The number of hydrogen-bond acceptors (Lipinski definition) is 7. The summed E-state index contributed by atoms with van der Waals surface area (Å²) in [5.74, 6) is 2.88. The first kappa shape index (κ1) is 24.7. The van der Waals surface area contributed by atoms with Crippen LogP contribution in [0.1, 0.15) is 36.3 Å². The van der Waals surface area contributed by atoms with Crippen LogP contribution in [0.25, 0.3) is 11.4 Å². The first-order chi connectivity index (χ1) is 17.1. The van der Waals surface area contributed by atoms with Crippen LogP contribution in [0.2, 0.25) is 0 Å². The minimum atomic E-state index is 0.0536. The van der Waals surface area contributed by atoms with E-state index in [9.17, 15) is 4.79 Å². The zero-order chi connectivity index (χ0) is 24.6. The number of nitrogens with zero attached hydrogens (tertiary/aromatic N) is 3. The molecule has 0 bridgehead atoms. The summed E-state index contributed by atoms with van der Waals surface area (Å²) in [5.41, 5.74) is 3.29. The highest BCUT2D eigenvalue weighted by Crippen LogP contribution is 2.28. The lowest BCUT2D eigenvalue weighted by Gasteiger charge is -2.30. The van der Waals surface area contributed by atoms with Crippen LogP contribution in [-0.2, 0) is 17.8 Å². The number of rotatable bonds is 10. The summed E-state index contributed by atoms with van der Waals surface area (Å²) in [4.78, 5) is 19.5. The number of aromatic nitrogens is 2. The lowest BCUT2D eigenvalue weighted by Crippen LogP contribution is -2.40. The summed E-state index contributed by atoms with van der Waals surface area (Å²) < 4.78 is 16.1. The van der Waals surface area contributed by atoms with Gasteiger partial charge >= 0.3 is 0 Å². The lowest BCUT2D eigenvalue weighted by atomic mass is 9.96. The Labute approximate surface area is 206 Å². The van der Waals surface area contributed by atoms with E-state index in [4.69, 9.17) is 14.0 Å². The molecule has 1 aliphatic rings. The fourth-order valence-corrected chi connectivity index (χ4v) is 4.45. The molecule has 0 spiro atoms. The predicted molar refractivity (Wildman–Crippen MR) is 133 cm³/mol. The van der Waals surface area contributed by atoms with E-state index in [0.717, 1.165) is 67.0 Å². The average Bonchev–Trinajstić information content (AvgIpc) is 3.35. The maximum absolute atomic E-state index is 12.6. The number of likely N-dealkylation sites (tertiary alicyclic amines) is 1. The van der Waals surface area contributed by atoms with Gasteiger partial charge in [0.05, 0.1) is 20.8 Å². The number of carbonyl (C=O) groups excluding carboxylic acids is 1. The number of methoxy groups -OCH3 is 2. The summed E-state index contributed by atoms with van der Waals surface area (Å²) in [7, 11) is 3.27. The van der Waals surface area contributed by atoms with E-state index in [1.807, 2.05) is 49.4 Å². The van der Waals surface area contributed by atoms with Crippen molar-refractivity contribution < 1.29 is 18.8 Å². The third kappa shape index (κ3) is 6.60. The molecule has 0 radical (unpaired) electrons. The largest absolute Gasteiger partial charge is 0.493 e. The SMILES string of the molecule is COc1ccc(CCCNC(=O)C2CCN(Cc3nc(-c4cccc(C)c4)no3)CC2)cc1OC. The molecule has 1 saturated heterocycles. The summed E-state index contributed by atoms with van der Waals surface area (Å²) >= 11 is 0. The van der Waals surface area contributed by atoms with Gasteiger partial charge in [0.15, 0.2) is 11.5 Å². The Morgan fingerprint density at radius 1 is 1.11 bits per heavy atom. The summed E-state index contributed by atoms with van der Waals surface area (Å²) in [5, 5.41) is 7.24. The van der Waals surface area contributed by atoms with Crippen LogP contribution in [-0.4, -0.2) is 54.8 Å². The number of aryl methyl sites for hydroxylation is 2. The Morgan fingerprint density at radius 3 is 2.66 bits per heavy atom.